The Morgan fingerprint density at radius 3 is 2.47 bits per heavy atom. The zero-order valence-electron chi connectivity index (χ0n) is 21.2. The van der Waals surface area contributed by atoms with Gasteiger partial charge in [0.05, 0.1) is 35.8 Å². The zero-order chi connectivity index (χ0) is 27.6. The molecule has 0 bridgehead atoms. The lowest BCUT2D eigenvalue weighted by molar-refractivity contribution is -0.113. The second kappa shape index (κ2) is 10.9. The van der Waals surface area contributed by atoms with E-state index in [1.807, 2.05) is 13.8 Å². The quantitative estimate of drug-likeness (QED) is 0.245. The van der Waals surface area contributed by atoms with E-state index in [1.54, 1.807) is 31.5 Å². The van der Waals surface area contributed by atoms with Crippen molar-refractivity contribution in [3.63, 3.8) is 0 Å². The van der Waals surface area contributed by atoms with Crippen molar-refractivity contribution in [3.8, 4) is 11.5 Å². The van der Waals surface area contributed by atoms with Crippen LogP contribution in [0.15, 0.2) is 64.8 Å². The summed E-state index contributed by atoms with van der Waals surface area (Å²) < 4.78 is 53.1. The molecular formula is C26H26N4O6S2. The van der Waals surface area contributed by atoms with Crippen LogP contribution in [0.1, 0.15) is 22.4 Å². The Morgan fingerprint density at radius 2 is 1.84 bits per heavy atom. The van der Waals surface area contributed by atoms with E-state index in [2.05, 4.69) is 9.97 Å². The maximum atomic E-state index is 13.9. The smallest absolute Gasteiger partial charge is 0.338 e. The molecular weight excluding hydrogens is 528 g/mol. The fourth-order valence-electron chi connectivity index (χ4n) is 3.96. The number of fused-ring (bicyclic) bond motifs is 1. The average molecular weight is 555 g/mol. The lowest BCUT2D eigenvalue weighted by atomic mass is 10.1. The van der Waals surface area contributed by atoms with Crippen molar-refractivity contribution in [3.05, 3.63) is 77.1 Å². The fraction of sp³-hybridized carbons (Fsp3) is 0.192. The van der Waals surface area contributed by atoms with Crippen LogP contribution < -0.4 is 15.2 Å². The van der Waals surface area contributed by atoms with Gasteiger partial charge in [-0.1, -0.05) is 12.1 Å². The normalized spacial score (nSPS) is 12.7. The Hall–Kier alpha value is -3.87. The topological polar surface area (TPSA) is 149 Å². The lowest BCUT2D eigenvalue weighted by Crippen LogP contribution is -2.20. The molecule has 10 nitrogen and oxygen atoms in total. The first-order chi connectivity index (χ1) is 18.1. The van der Waals surface area contributed by atoms with Gasteiger partial charge >= 0.3 is 5.16 Å². The molecule has 12 heteroatoms. The molecule has 2 N–H and O–H groups in total. The zero-order valence-corrected chi connectivity index (χ0v) is 22.8. The number of aromatic nitrogens is 3. The molecule has 4 rings (SSSR count). The first-order valence-corrected chi connectivity index (χ1v) is 14.1. The number of benzene rings is 2. The standard InChI is InChI=1S/C26H26N4O6S2/c1-16-14-28-22(17(2)25(16)36-4)15-37(32)26-29-21-13-19(35-3)8-11-23(21)30(26)38(33,34)20-9-5-18(6-10-20)7-12-24(27)31/h5-14H,15H2,1-4H3,(H2,27,31)/b12-7+. The third-order valence-electron chi connectivity index (χ3n) is 5.87. The summed E-state index contributed by atoms with van der Waals surface area (Å²) in [6.45, 7) is 3.66. The summed E-state index contributed by atoms with van der Waals surface area (Å²) in [5.74, 6) is 0.409. The van der Waals surface area contributed by atoms with Crippen LogP contribution in [0.5, 0.6) is 11.5 Å². The van der Waals surface area contributed by atoms with Crippen LogP contribution in [-0.4, -0.2) is 47.0 Å². The predicted octanol–water partition coefficient (Wildman–Crippen LogP) is 3.11. The monoisotopic (exact) mass is 554 g/mol. The van der Waals surface area contributed by atoms with Gasteiger partial charge in [0.2, 0.25) is 5.91 Å². The van der Waals surface area contributed by atoms with E-state index in [0.717, 1.165) is 9.54 Å². The molecule has 0 aliphatic carbocycles. The Balaban J connectivity index is 1.83. The van der Waals surface area contributed by atoms with Gasteiger partial charge in [0.1, 0.15) is 11.5 Å². The number of ether oxygens (including phenoxy) is 2. The second-order valence-corrected chi connectivity index (χ2v) is 11.5. The predicted molar refractivity (Wildman–Crippen MR) is 144 cm³/mol. The molecule has 0 saturated heterocycles. The third kappa shape index (κ3) is 5.23. The van der Waals surface area contributed by atoms with Gasteiger partial charge in [0, 0.05) is 40.6 Å². The number of hydrogen-bond acceptors (Lipinski definition) is 8. The fourth-order valence-corrected chi connectivity index (χ4v) is 7.01. The van der Waals surface area contributed by atoms with Gasteiger partial charge in [0.15, 0.2) is 5.75 Å². The number of nitrogens with zero attached hydrogens (tertiary/aromatic N) is 3. The average Bonchev–Trinajstić information content (AvgIpc) is 3.29. The number of aryl methyl sites for hydroxylation is 1. The van der Waals surface area contributed by atoms with Crippen LogP contribution in [0.4, 0.5) is 0 Å². The summed E-state index contributed by atoms with van der Waals surface area (Å²) in [5, 5.41) is -0.147. The van der Waals surface area contributed by atoms with Gasteiger partial charge in [-0.3, -0.25) is 9.78 Å². The molecule has 0 aliphatic heterocycles. The van der Waals surface area contributed by atoms with Crippen LogP contribution >= 0.6 is 0 Å². The van der Waals surface area contributed by atoms with Gasteiger partial charge in [-0.15, -0.1) is 0 Å². The van der Waals surface area contributed by atoms with E-state index in [1.165, 1.54) is 43.5 Å². The van der Waals surface area contributed by atoms with Crippen LogP contribution in [0.3, 0.4) is 0 Å². The minimum absolute atomic E-state index is 0.0478. The molecule has 2 aromatic carbocycles. The Bertz CT molecular complexity index is 1650. The molecule has 4 aromatic rings. The van der Waals surface area contributed by atoms with Crippen molar-refractivity contribution >= 4 is 44.2 Å². The van der Waals surface area contributed by atoms with E-state index in [4.69, 9.17) is 15.2 Å². The van der Waals surface area contributed by atoms with E-state index >= 15 is 0 Å². The molecule has 0 fully saturated rings. The number of imidazole rings is 1. The van der Waals surface area contributed by atoms with Crippen molar-refractivity contribution < 1.29 is 27.2 Å². The number of methoxy groups -OCH3 is 2. The van der Waals surface area contributed by atoms with Crippen LogP contribution in [0, 0.1) is 13.8 Å². The Labute approximate surface area is 223 Å². The highest BCUT2D eigenvalue weighted by atomic mass is 32.2. The molecule has 0 radical (unpaired) electrons. The van der Waals surface area contributed by atoms with E-state index < -0.39 is 27.1 Å². The number of amides is 1. The van der Waals surface area contributed by atoms with Crippen LogP contribution in [-0.2, 0) is 31.7 Å². The first kappa shape index (κ1) is 27.2. The van der Waals surface area contributed by atoms with Crippen molar-refractivity contribution in [2.24, 2.45) is 5.73 Å². The molecule has 38 heavy (non-hydrogen) atoms. The molecule has 1 atom stereocenters. The highest BCUT2D eigenvalue weighted by molar-refractivity contribution is 7.93. The maximum Gasteiger partial charge on any atom is 0.338 e. The summed E-state index contributed by atoms with van der Waals surface area (Å²) in [5.41, 5.74) is 8.32. The molecule has 2 aromatic heterocycles. The van der Waals surface area contributed by atoms with Crippen molar-refractivity contribution in [2.75, 3.05) is 14.2 Å². The summed E-state index contributed by atoms with van der Waals surface area (Å²) in [6, 6.07) is 10.6. The molecule has 0 saturated carbocycles. The number of carbonyl (C=O) groups is 1. The highest BCUT2D eigenvalue weighted by Gasteiger charge is 2.32. The Kier molecular flexibility index (Phi) is 7.76. The molecule has 2 heterocycles. The number of hydrogen-bond donors (Lipinski definition) is 1. The van der Waals surface area contributed by atoms with Gasteiger partial charge < -0.3 is 19.8 Å². The molecule has 0 aliphatic rings. The van der Waals surface area contributed by atoms with Crippen molar-refractivity contribution in [1.82, 2.24) is 13.9 Å². The minimum atomic E-state index is -4.23. The summed E-state index contributed by atoms with van der Waals surface area (Å²) >= 11 is -1.90. The minimum Gasteiger partial charge on any atom is -0.609 e. The van der Waals surface area contributed by atoms with E-state index in [0.29, 0.717) is 33.8 Å². The van der Waals surface area contributed by atoms with E-state index in [9.17, 15) is 17.8 Å². The number of nitrogens with two attached hydrogens (primary N) is 1. The molecule has 198 valence electrons. The van der Waals surface area contributed by atoms with E-state index in [-0.39, 0.29) is 21.3 Å². The summed E-state index contributed by atoms with van der Waals surface area (Å²) in [6.07, 6.45) is 4.28. The summed E-state index contributed by atoms with van der Waals surface area (Å²) in [4.78, 5) is 19.8. The van der Waals surface area contributed by atoms with Crippen LogP contribution in [0.25, 0.3) is 17.1 Å². The van der Waals surface area contributed by atoms with Gasteiger partial charge in [-0.2, -0.15) is 8.96 Å². The highest BCUT2D eigenvalue weighted by Crippen LogP contribution is 2.31. The lowest BCUT2D eigenvalue weighted by Gasteiger charge is -2.15. The second-order valence-electron chi connectivity index (χ2n) is 8.36. The Morgan fingerprint density at radius 1 is 1.13 bits per heavy atom. The number of rotatable bonds is 9. The molecule has 1 amide bonds. The third-order valence-corrected chi connectivity index (χ3v) is 8.92. The number of pyridine rings is 1. The van der Waals surface area contributed by atoms with Crippen molar-refractivity contribution in [2.45, 2.75) is 29.7 Å². The molecule has 0 spiro atoms. The largest absolute Gasteiger partial charge is 0.609 e. The van der Waals surface area contributed by atoms with Crippen LogP contribution in [0.2, 0.25) is 0 Å². The SMILES string of the molecule is COc1ccc2c(c1)nc([S+]([O-])Cc1ncc(C)c(OC)c1C)n2S(=O)(=O)c1ccc(/C=C/C(N)=O)cc1. The van der Waals surface area contributed by atoms with Crippen molar-refractivity contribution in [1.29, 1.82) is 0 Å². The van der Waals surface area contributed by atoms with Gasteiger partial charge in [-0.25, -0.2) is 8.42 Å². The summed E-state index contributed by atoms with van der Waals surface area (Å²) in [7, 11) is -1.19. The van der Waals surface area contributed by atoms with Gasteiger partial charge in [-0.05, 0) is 49.8 Å². The number of primary amides is 1. The first-order valence-electron chi connectivity index (χ1n) is 11.3. The van der Waals surface area contributed by atoms with Gasteiger partial charge in [0.25, 0.3) is 10.0 Å². The maximum absolute atomic E-state index is 13.9. The molecule has 1 unspecified atom stereocenters. The number of carbonyl (C=O) groups excluding carboxylic acids is 1.